The second-order valence-electron chi connectivity index (χ2n) is 2.27. The Morgan fingerprint density at radius 1 is 1.57 bits per heavy atom. The first-order valence-electron chi connectivity index (χ1n) is 3.25. The van der Waals surface area contributed by atoms with Gasteiger partial charge in [-0.1, -0.05) is 0 Å². The normalized spacial score (nSPS) is 10.6. The maximum atomic E-state index is 12.6. The molecule has 0 bridgehead atoms. The van der Waals surface area contributed by atoms with E-state index in [1.165, 1.54) is 0 Å². The van der Waals surface area contributed by atoms with Gasteiger partial charge in [0.1, 0.15) is 5.56 Å². The van der Waals surface area contributed by atoms with Crippen molar-refractivity contribution in [3.8, 4) is 5.75 Å². The van der Waals surface area contributed by atoms with Gasteiger partial charge < -0.3 is 15.2 Å². The van der Waals surface area contributed by atoms with Crippen molar-refractivity contribution < 1.29 is 23.2 Å². The van der Waals surface area contributed by atoms with E-state index in [1.807, 2.05) is 0 Å². The van der Waals surface area contributed by atoms with Crippen LogP contribution in [0.3, 0.4) is 0 Å². The van der Waals surface area contributed by atoms with Crippen LogP contribution in [0.4, 0.5) is 19.0 Å². The van der Waals surface area contributed by atoms with Crippen LogP contribution in [-0.2, 0) is 0 Å². The summed E-state index contributed by atoms with van der Waals surface area (Å²) < 4.78 is 36.6. The molecule has 0 saturated carbocycles. The summed E-state index contributed by atoms with van der Waals surface area (Å²) in [6.07, 6.45) is -3.19. The molecule has 0 radical (unpaired) electrons. The van der Waals surface area contributed by atoms with Crippen molar-refractivity contribution in [3.05, 3.63) is 27.7 Å². The molecule has 0 aliphatic rings. The lowest BCUT2D eigenvalue weighted by atomic mass is 10.2. The quantitative estimate of drug-likeness (QED) is 0.456. The first-order chi connectivity index (χ1) is 6.43. The molecule has 1 N–H and O–H groups in total. The molecule has 76 valence electrons. The molecule has 0 aromatic carbocycles. The van der Waals surface area contributed by atoms with Crippen molar-refractivity contribution in [3.63, 3.8) is 0 Å². The number of aromatic hydroxyl groups is 1. The van der Waals surface area contributed by atoms with Gasteiger partial charge in [-0.2, -0.15) is 4.39 Å². The van der Waals surface area contributed by atoms with Crippen LogP contribution in [0.1, 0.15) is 12.0 Å². The highest BCUT2D eigenvalue weighted by Gasteiger charge is 2.25. The third-order valence-electron chi connectivity index (χ3n) is 1.37. The van der Waals surface area contributed by atoms with E-state index in [9.17, 15) is 23.3 Å². The fourth-order valence-electron chi connectivity index (χ4n) is 0.774. The third kappa shape index (κ3) is 1.73. The van der Waals surface area contributed by atoms with E-state index in [4.69, 9.17) is 5.11 Å². The SMILES string of the molecule is O=[N+]([O-])c1nc(F)c(C(F)F)cc1O. The second kappa shape index (κ2) is 3.48. The number of rotatable bonds is 2. The second-order valence-corrected chi connectivity index (χ2v) is 2.27. The monoisotopic (exact) mass is 208 g/mol. The maximum Gasteiger partial charge on any atom is 0.409 e. The lowest BCUT2D eigenvalue weighted by molar-refractivity contribution is -0.391. The summed E-state index contributed by atoms with van der Waals surface area (Å²) in [7, 11) is 0. The predicted octanol–water partition coefficient (Wildman–Crippen LogP) is 1.77. The van der Waals surface area contributed by atoms with Crippen LogP contribution in [0.5, 0.6) is 5.75 Å². The van der Waals surface area contributed by atoms with Crippen LogP contribution < -0.4 is 0 Å². The van der Waals surface area contributed by atoms with Gasteiger partial charge in [0, 0.05) is 6.07 Å². The smallest absolute Gasteiger partial charge is 0.409 e. The topological polar surface area (TPSA) is 76.3 Å². The number of halogens is 3. The Hall–Kier alpha value is -1.86. The van der Waals surface area contributed by atoms with Crippen molar-refractivity contribution >= 4 is 5.82 Å². The number of alkyl halides is 2. The van der Waals surface area contributed by atoms with Crippen LogP contribution in [0.15, 0.2) is 6.07 Å². The highest BCUT2D eigenvalue weighted by Crippen LogP contribution is 2.30. The summed E-state index contributed by atoms with van der Waals surface area (Å²) in [5.74, 6) is -3.94. The predicted molar refractivity (Wildman–Crippen MR) is 37.5 cm³/mol. The Balaban J connectivity index is 3.31. The van der Waals surface area contributed by atoms with Gasteiger partial charge in [0.2, 0.25) is 5.75 Å². The molecule has 0 aliphatic carbocycles. The molecule has 1 rings (SSSR count). The summed E-state index contributed by atoms with van der Waals surface area (Å²) in [6, 6.07) is 0.283. The van der Waals surface area contributed by atoms with Crippen molar-refractivity contribution in [1.29, 1.82) is 0 Å². The first kappa shape index (κ1) is 10.2. The van der Waals surface area contributed by atoms with E-state index in [-0.39, 0.29) is 6.07 Å². The highest BCUT2D eigenvalue weighted by molar-refractivity contribution is 5.40. The fraction of sp³-hybridized carbons (Fsp3) is 0.167. The third-order valence-corrected chi connectivity index (χ3v) is 1.37. The van der Waals surface area contributed by atoms with Crippen LogP contribution in [0, 0.1) is 16.1 Å². The van der Waals surface area contributed by atoms with Gasteiger partial charge in [-0.3, -0.25) is 0 Å². The van der Waals surface area contributed by atoms with Gasteiger partial charge in [-0.05, 0) is 9.91 Å². The minimum atomic E-state index is -3.19. The van der Waals surface area contributed by atoms with E-state index in [0.717, 1.165) is 0 Å². The molecule has 14 heavy (non-hydrogen) atoms. The van der Waals surface area contributed by atoms with Gasteiger partial charge in [-0.15, -0.1) is 0 Å². The Kier molecular flexibility index (Phi) is 2.54. The lowest BCUT2D eigenvalue weighted by Gasteiger charge is -1.99. The van der Waals surface area contributed by atoms with Crippen LogP contribution in [0.25, 0.3) is 0 Å². The van der Waals surface area contributed by atoms with E-state index >= 15 is 0 Å². The average Bonchev–Trinajstić information content (AvgIpc) is 2.07. The Morgan fingerprint density at radius 2 is 2.14 bits per heavy atom. The van der Waals surface area contributed by atoms with Gasteiger partial charge in [0.05, 0.1) is 0 Å². The van der Waals surface area contributed by atoms with Crippen LogP contribution in [-0.4, -0.2) is 15.0 Å². The molecule has 0 saturated heterocycles. The molecule has 1 aromatic rings. The molecule has 0 spiro atoms. The molecular formula is C6H3F3N2O3. The number of nitro groups is 1. The first-order valence-corrected chi connectivity index (χ1v) is 3.25. The Morgan fingerprint density at radius 3 is 2.57 bits per heavy atom. The number of pyridine rings is 1. The number of aromatic nitrogens is 1. The molecule has 0 atom stereocenters. The zero-order valence-corrected chi connectivity index (χ0v) is 6.45. The van der Waals surface area contributed by atoms with Gasteiger partial charge in [0.15, 0.2) is 0 Å². The van der Waals surface area contributed by atoms with Crippen molar-refractivity contribution in [2.75, 3.05) is 0 Å². The zero-order valence-electron chi connectivity index (χ0n) is 6.45. The van der Waals surface area contributed by atoms with Gasteiger partial charge in [-0.25, -0.2) is 8.78 Å². The van der Waals surface area contributed by atoms with Gasteiger partial charge in [0.25, 0.3) is 6.43 Å². The Labute approximate surface area is 75.0 Å². The number of hydrogen-bond donors (Lipinski definition) is 1. The molecule has 0 unspecified atom stereocenters. The van der Waals surface area contributed by atoms with E-state index in [0.29, 0.717) is 0 Å². The molecule has 0 fully saturated rings. The maximum absolute atomic E-state index is 12.6. The summed E-state index contributed by atoms with van der Waals surface area (Å²) in [6.45, 7) is 0. The van der Waals surface area contributed by atoms with E-state index in [2.05, 4.69) is 4.98 Å². The molecule has 0 amide bonds. The van der Waals surface area contributed by atoms with Crippen LogP contribution >= 0.6 is 0 Å². The lowest BCUT2D eigenvalue weighted by Crippen LogP contribution is -2.00. The largest absolute Gasteiger partial charge is 0.501 e. The van der Waals surface area contributed by atoms with Crippen molar-refractivity contribution in [2.24, 2.45) is 0 Å². The summed E-state index contributed by atoms with van der Waals surface area (Å²) in [4.78, 5) is 11.5. The summed E-state index contributed by atoms with van der Waals surface area (Å²) >= 11 is 0. The molecular weight excluding hydrogens is 205 g/mol. The summed E-state index contributed by atoms with van der Waals surface area (Å²) in [5, 5.41) is 18.9. The van der Waals surface area contributed by atoms with Crippen molar-refractivity contribution in [1.82, 2.24) is 4.98 Å². The minimum Gasteiger partial charge on any atom is -0.501 e. The fourth-order valence-corrected chi connectivity index (χ4v) is 0.774. The number of hydrogen-bond acceptors (Lipinski definition) is 4. The minimum absolute atomic E-state index is 0.283. The zero-order chi connectivity index (χ0) is 10.9. The number of nitrogens with zero attached hydrogens (tertiary/aromatic N) is 2. The molecule has 1 heterocycles. The molecule has 8 heteroatoms. The summed E-state index contributed by atoms with van der Waals surface area (Å²) in [5.41, 5.74) is -1.17. The molecule has 1 aromatic heterocycles. The molecule has 0 aliphatic heterocycles. The Bertz CT molecular complexity index is 383. The van der Waals surface area contributed by atoms with Crippen LogP contribution in [0.2, 0.25) is 0 Å². The standard InChI is InChI=1S/C6H3F3N2O3/c7-4(8)2-1-3(12)6(11(13)14)10-5(2)9/h1,4,12H. The van der Waals surface area contributed by atoms with E-state index < -0.39 is 34.4 Å². The highest BCUT2D eigenvalue weighted by atomic mass is 19.3. The van der Waals surface area contributed by atoms with Crippen molar-refractivity contribution in [2.45, 2.75) is 6.43 Å². The molecule has 5 nitrogen and oxygen atoms in total. The van der Waals surface area contributed by atoms with E-state index in [1.54, 1.807) is 0 Å². The average molecular weight is 208 g/mol. The van der Waals surface area contributed by atoms with Gasteiger partial charge >= 0.3 is 11.8 Å².